The van der Waals surface area contributed by atoms with E-state index in [1.165, 1.54) is 18.4 Å². The summed E-state index contributed by atoms with van der Waals surface area (Å²) in [6.45, 7) is 2.18. The van der Waals surface area contributed by atoms with Crippen LogP contribution in [0, 0.1) is 0 Å². The van der Waals surface area contributed by atoms with Crippen LogP contribution in [0.25, 0.3) is 0 Å². The van der Waals surface area contributed by atoms with Crippen molar-refractivity contribution in [1.82, 2.24) is 0 Å². The molecule has 0 fully saturated rings. The summed E-state index contributed by atoms with van der Waals surface area (Å²) in [6, 6.07) is 13.7. The van der Waals surface area contributed by atoms with Gasteiger partial charge < -0.3 is 5.32 Å². The summed E-state index contributed by atoms with van der Waals surface area (Å²) in [5, 5.41) is 3.66. The van der Waals surface area contributed by atoms with Crippen molar-refractivity contribution in [3.63, 3.8) is 0 Å². The van der Waals surface area contributed by atoms with Crippen LogP contribution < -0.4 is 5.32 Å². The van der Waals surface area contributed by atoms with E-state index in [2.05, 4.69) is 40.3 Å². The van der Waals surface area contributed by atoms with Gasteiger partial charge in [0, 0.05) is 15.9 Å². The number of anilines is 1. The van der Waals surface area contributed by atoms with Gasteiger partial charge in [-0.25, -0.2) is 0 Å². The van der Waals surface area contributed by atoms with Crippen molar-refractivity contribution in [3.8, 4) is 0 Å². The molecule has 1 amide bonds. The minimum Gasteiger partial charge on any atom is -0.325 e. The molecule has 2 aromatic rings. The first-order valence-electron chi connectivity index (χ1n) is 7.91. The number of unbranched alkanes of at least 4 members (excludes halogenated alkanes) is 1. The average Bonchev–Trinajstić information content (AvgIpc) is 2.53. The van der Waals surface area contributed by atoms with Crippen LogP contribution in [-0.4, -0.2) is 5.91 Å². The van der Waals surface area contributed by atoms with Gasteiger partial charge in [-0.15, -0.1) is 0 Å². The molecule has 0 saturated carbocycles. The van der Waals surface area contributed by atoms with Gasteiger partial charge in [0.05, 0.1) is 5.69 Å². The molecule has 0 unspecified atom stereocenters. The van der Waals surface area contributed by atoms with Crippen molar-refractivity contribution in [2.45, 2.75) is 39.0 Å². The summed E-state index contributed by atoms with van der Waals surface area (Å²) < 4.78 is 0.933. The number of amides is 1. The summed E-state index contributed by atoms with van der Waals surface area (Å²) in [6.07, 6.45) is 4.54. The fraction of sp³-hybridized carbons (Fsp3) is 0.316. The number of rotatable bonds is 7. The average molecular weight is 395 g/mol. The molecule has 0 aliphatic heterocycles. The predicted molar refractivity (Wildman–Crippen MR) is 101 cm³/mol. The van der Waals surface area contributed by atoms with Gasteiger partial charge in [-0.2, -0.15) is 0 Å². The lowest BCUT2D eigenvalue weighted by atomic mass is 10.1. The van der Waals surface area contributed by atoms with E-state index in [4.69, 9.17) is 11.6 Å². The van der Waals surface area contributed by atoms with Crippen LogP contribution in [0.15, 0.2) is 46.9 Å². The lowest BCUT2D eigenvalue weighted by Gasteiger charge is -2.09. The monoisotopic (exact) mass is 393 g/mol. The van der Waals surface area contributed by atoms with Gasteiger partial charge in [-0.3, -0.25) is 4.79 Å². The van der Waals surface area contributed by atoms with Crippen molar-refractivity contribution in [3.05, 3.63) is 63.1 Å². The number of halogens is 2. The van der Waals surface area contributed by atoms with Crippen LogP contribution in [0.4, 0.5) is 5.69 Å². The van der Waals surface area contributed by atoms with E-state index in [1.807, 2.05) is 30.3 Å². The number of benzene rings is 2. The first-order valence-corrected chi connectivity index (χ1v) is 9.08. The maximum atomic E-state index is 12.1. The molecular weight excluding hydrogens is 374 g/mol. The Balaban J connectivity index is 1.89. The van der Waals surface area contributed by atoms with Crippen LogP contribution in [0.2, 0.25) is 5.02 Å². The first kappa shape index (κ1) is 18.0. The molecule has 2 nitrogen and oxygen atoms in total. The van der Waals surface area contributed by atoms with E-state index in [-0.39, 0.29) is 5.91 Å². The summed E-state index contributed by atoms with van der Waals surface area (Å²) >= 11 is 9.50. The molecule has 0 saturated heterocycles. The molecule has 23 heavy (non-hydrogen) atoms. The van der Waals surface area contributed by atoms with E-state index in [1.54, 1.807) is 0 Å². The van der Waals surface area contributed by atoms with E-state index in [0.717, 1.165) is 22.1 Å². The fourth-order valence-corrected chi connectivity index (χ4v) is 3.10. The number of nitrogens with one attached hydrogen (secondary N) is 1. The molecular formula is C19H21BrClNO. The third kappa shape index (κ3) is 6.00. The highest BCUT2D eigenvalue weighted by molar-refractivity contribution is 9.10. The third-order valence-corrected chi connectivity index (χ3v) is 4.55. The third-order valence-electron chi connectivity index (χ3n) is 3.66. The van der Waals surface area contributed by atoms with E-state index < -0.39 is 0 Å². The lowest BCUT2D eigenvalue weighted by Crippen LogP contribution is -2.12. The molecule has 4 heteroatoms. The molecule has 2 aromatic carbocycles. The van der Waals surface area contributed by atoms with Gasteiger partial charge in [-0.1, -0.05) is 43.1 Å². The van der Waals surface area contributed by atoms with Gasteiger partial charge in [-0.05, 0) is 70.6 Å². The fourth-order valence-electron chi connectivity index (χ4n) is 2.36. The smallest absolute Gasteiger partial charge is 0.224 e. The Hall–Kier alpha value is -1.32. The van der Waals surface area contributed by atoms with Crippen LogP contribution in [-0.2, 0) is 17.6 Å². The number of carbonyl (C=O) groups is 1. The zero-order chi connectivity index (χ0) is 16.7. The Morgan fingerprint density at radius 1 is 1.13 bits per heavy atom. The second kappa shape index (κ2) is 9.09. The molecule has 122 valence electrons. The van der Waals surface area contributed by atoms with E-state index >= 15 is 0 Å². The Kier molecular flexibility index (Phi) is 7.13. The summed E-state index contributed by atoms with van der Waals surface area (Å²) in [7, 11) is 0. The Bertz CT molecular complexity index is 672. The zero-order valence-electron chi connectivity index (χ0n) is 13.2. The molecule has 0 aromatic heterocycles. The van der Waals surface area contributed by atoms with Crippen LogP contribution in [0.5, 0.6) is 0 Å². The Labute approximate surface area is 151 Å². The van der Waals surface area contributed by atoms with Crippen molar-refractivity contribution >= 4 is 39.1 Å². The number of hydrogen-bond donors (Lipinski definition) is 1. The summed E-state index contributed by atoms with van der Waals surface area (Å²) in [4.78, 5) is 12.1. The predicted octanol–water partition coefficient (Wildman–Crippen LogP) is 6.02. The first-order chi connectivity index (χ1) is 11.1. The van der Waals surface area contributed by atoms with Crippen LogP contribution >= 0.6 is 27.5 Å². The lowest BCUT2D eigenvalue weighted by molar-refractivity contribution is -0.116. The van der Waals surface area contributed by atoms with Gasteiger partial charge in [0.15, 0.2) is 0 Å². The quantitative estimate of drug-likeness (QED) is 0.611. The topological polar surface area (TPSA) is 29.1 Å². The summed E-state index contributed by atoms with van der Waals surface area (Å²) in [5.41, 5.74) is 3.18. The zero-order valence-corrected chi connectivity index (χ0v) is 15.6. The molecule has 0 heterocycles. The van der Waals surface area contributed by atoms with E-state index in [9.17, 15) is 4.79 Å². The van der Waals surface area contributed by atoms with Gasteiger partial charge in [0.25, 0.3) is 0 Å². The van der Waals surface area contributed by atoms with Crippen LogP contribution in [0.3, 0.4) is 0 Å². The molecule has 0 bridgehead atoms. The molecule has 0 aliphatic carbocycles. The van der Waals surface area contributed by atoms with Crippen molar-refractivity contribution in [1.29, 1.82) is 0 Å². The maximum absolute atomic E-state index is 12.1. The minimum absolute atomic E-state index is 0.00647. The van der Waals surface area contributed by atoms with Crippen LogP contribution in [0.1, 0.15) is 37.3 Å². The highest BCUT2D eigenvalue weighted by Gasteiger charge is 2.07. The van der Waals surface area contributed by atoms with Crippen molar-refractivity contribution in [2.75, 3.05) is 5.32 Å². The second-order valence-corrected chi connectivity index (χ2v) is 6.89. The van der Waals surface area contributed by atoms with Crippen molar-refractivity contribution < 1.29 is 4.79 Å². The highest BCUT2D eigenvalue weighted by Crippen LogP contribution is 2.25. The van der Waals surface area contributed by atoms with Gasteiger partial charge >= 0.3 is 0 Å². The molecule has 0 atom stereocenters. The minimum atomic E-state index is 0.00647. The Morgan fingerprint density at radius 2 is 1.91 bits per heavy atom. The number of aryl methyl sites for hydroxylation is 2. The van der Waals surface area contributed by atoms with Gasteiger partial charge in [0.1, 0.15) is 0 Å². The standard InChI is InChI=1S/C19H21BrClNO/c1-2-3-5-15-8-10-18(17(20)13-15)22-19(23)11-9-14-6-4-7-16(21)12-14/h4,6-8,10,12-13H,2-3,5,9,11H2,1H3,(H,22,23). The highest BCUT2D eigenvalue weighted by atomic mass is 79.9. The second-order valence-electron chi connectivity index (χ2n) is 5.60. The Morgan fingerprint density at radius 3 is 2.61 bits per heavy atom. The molecule has 1 N–H and O–H groups in total. The maximum Gasteiger partial charge on any atom is 0.224 e. The number of hydrogen-bond acceptors (Lipinski definition) is 1. The normalized spacial score (nSPS) is 10.6. The largest absolute Gasteiger partial charge is 0.325 e. The van der Waals surface area contributed by atoms with Gasteiger partial charge in [0.2, 0.25) is 5.91 Å². The van der Waals surface area contributed by atoms with E-state index in [0.29, 0.717) is 17.9 Å². The number of carbonyl (C=O) groups excluding carboxylic acids is 1. The molecule has 0 spiro atoms. The summed E-state index contributed by atoms with van der Waals surface area (Å²) in [5.74, 6) is 0.00647. The molecule has 0 aliphatic rings. The van der Waals surface area contributed by atoms with Crippen molar-refractivity contribution in [2.24, 2.45) is 0 Å². The molecule has 0 radical (unpaired) electrons. The molecule has 2 rings (SSSR count). The SMILES string of the molecule is CCCCc1ccc(NC(=O)CCc2cccc(Cl)c2)c(Br)c1.